The summed E-state index contributed by atoms with van der Waals surface area (Å²) in [4.78, 5) is 13.0. The zero-order valence-electron chi connectivity index (χ0n) is 11.2. The summed E-state index contributed by atoms with van der Waals surface area (Å²) in [6.07, 6.45) is 5.41. The summed E-state index contributed by atoms with van der Waals surface area (Å²) in [5.74, 6) is 1.34. The number of aromatic nitrogens is 7. The molecule has 3 aromatic heterocycles. The highest BCUT2D eigenvalue weighted by Crippen LogP contribution is 2.11. The van der Waals surface area contributed by atoms with Crippen LogP contribution in [0.1, 0.15) is 23.0 Å². The molecular weight excluding hydrogens is 322 g/mol. The quantitative estimate of drug-likeness (QED) is 0.714. The van der Waals surface area contributed by atoms with Crippen molar-refractivity contribution in [3.05, 3.63) is 34.0 Å². The molecule has 8 heteroatoms. The molecule has 0 radical (unpaired) electrons. The minimum Gasteiger partial charge on any atom is -0.256 e. The molecule has 0 fully saturated rings. The van der Waals surface area contributed by atoms with E-state index in [2.05, 4.69) is 41.1 Å². The summed E-state index contributed by atoms with van der Waals surface area (Å²) in [6.45, 7) is 3.86. The first-order chi connectivity index (χ1) is 9.54. The Morgan fingerprint density at radius 3 is 2.60 bits per heavy atom. The normalized spacial score (nSPS) is 11.8. The van der Waals surface area contributed by atoms with Crippen molar-refractivity contribution < 1.29 is 0 Å². The summed E-state index contributed by atoms with van der Waals surface area (Å²) < 4.78 is 4.02. The molecule has 20 heavy (non-hydrogen) atoms. The summed E-state index contributed by atoms with van der Waals surface area (Å²) in [6, 6.07) is 0. The van der Waals surface area contributed by atoms with Crippen molar-refractivity contribution in [2.24, 2.45) is 7.05 Å². The van der Waals surface area contributed by atoms with Gasteiger partial charge in [-0.2, -0.15) is 0 Å². The molecule has 0 aliphatic carbocycles. The Labute approximate surface area is 123 Å². The van der Waals surface area contributed by atoms with Crippen molar-refractivity contribution >= 4 is 33.7 Å². The number of hydrogen-bond donors (Lipinski definition) is 0. The molecule has 7 nitrogen and oxygen atoms in total. The lowest BCUT2D eigenvalue weighted by Gasteiger charge is -1.97. The monoisotopic (exact) mass is 333 g/mol. The average Bonchev–Trinajstić information content (AvgIpc) is 2.96. The highest BCUT2D eigenvalue weighted by atomic mass is 79.9. The van der Waals surface area contributed by atoms with E-state index >= 15 is 0 Å². The van der Waals surface area contributed by atoms with Crippen LogP contribution in [-0.2, 0) is 7.05 Å². The molecule has 0 N–H and O–H groups in total. The van der Waals surface area contributed by atoms with Crippen molar-refractivity contribution in [1.29, 1.82) is 0 Å². The molecule has 0 spiro atoms. The SMILES string of the molecule is Cc1ncc(C)n2nc(C=Cc3nc(Br)nn3C)nc12. The predicted molar refractivity (Wildman–Crippen MR) is 77.9 cm³/mol. The largest absolute Gasteiger partial charge is 0.256 e. The second-order valence-electron chi connectivity index (χ2n) is 4.39. The van der Waals surface area contributed by atoms with E-state index in [-0.39, 0.29) is 0 Å². The highest BCUT2D eigenvalue weighted by Gasteiger charge is 2.07. The number of hydrogen-bond acceptors (Lipinski definition) is 5. The van der Waals surface area contributed by atoms with Crippen molar-refractivity contribution in [1.82, 2.24) is 34.3 Å². The minimum absolute atomic E-state index is 0.554. The predicted octanol–water partition coefficient (Wildman–Crippen LogP) is 1.80. The third-order valence-corrected chi connectivity index (χ3v) is 3.21. The third kappa shape index (κ3) is 2.22. The van der Waals surface area contributed by atoms with Gasteiger partial charge in [0.25, 0.3) is 0 Å². The van der Waals surface area contributed by atoms with Crippen LogP contribution in [0.2, 0.25) is 0 Å². The van der Waals surface area contributed by atoms with Crippen LogP contribution < -0.4 is 0 Å². The van der Waals surface area contributed by atoms with E-state index in [1.54, 1.807) is 15.4 Å². The van der Waals surface area contributed by atoms with Crippen molar-refractivity contribution in [2.45, 2.75) is 13.8 Å². The van der Waals surface area contributed by atoms with Crippen LogP contribution in [0.5, 0.6) is 0 Å². The van der Waals surface area contributed by atoms with E-state index in [0.29, 0.717) is 10.6 Å². The zero-order chi connectivity index (χ0) is 14.3. The number of fused-ring (bicyclic) bond motifs is 1. The molecule has 0 saturated carbocycles. The Morgan fingerprint density at radius 1 is 1.15 bits per heavy atom. The van der Waals surface area contributed by atoms with Crippen LogP contribution in [0.25, 0.3) is 17.8 Å². The van der Waals surface area contributed by atoms with Gasteiger partial charge in [-0.25, -0.2) is 19.2 Å². The first kappa shape index (κ1) is 12.9. The highest BCUT2D eigenvalue weighted by molar-refractivity contribution is 9.10. The fourth-order valence-electron chi connectivity index (χ4n) is 1.84. The van der Waals surface area contributed by atoms with Crippen molar-refractivity contribution in [2.75, 3.05) is 0 Å². The summed E-state index contributed by atoms with van der Waals surface area (Å²) in [7, 11) is 1.83. The van der Waals surface area contributed by atoms with Gasteiger partial charge in [-0.15, -0.1) is 10.2 Å². The Bertz CT molecular complexity index is 776. The molecule has 3 heterocycles. The Morgan fingerprint density at radius 2 is 1.95 bits per heavy atom. The Balaban J connectivity index is 2.01. The minimum atomic E-state index is 0.554. The van der Waals surface area contributed by atoms with Crippen molar-refractivity contribution in [3.8, 4) is 0 Å². The van der Waals surface area contributed by atoms with Gasteiger partial charge in [0.1, 0.15) is 0 Å². The fourth-order valence-corrected chi connectivity index (χ4v) is 2.26. The van der Waals surface area contributed by atoms with Gasteiger partial charge in [0.05, 0.1) is 11.4 Å². The summed E-state index contributed by atoms with van der Waals surface area (Å²) >= 11 is 3.24. The molecule has 0 aliphatic rings. The van der Waals surface area contributed by atoms with E-state index in [4.69, 9.17) is 0 Å². The van der Waals surface area contributed by atoms with E-state index in [0.717, 1.165) is 22.9 Å². The molecular formula is C12H12BrN7. The second-order valence-corrected chi connectivity index (χ2v) is 5.10. The van der Waals surface area contributed by atoms with Crippen LogP contribution in [0.4, 0.5) is 0 Å². The second kappa shape index (κ2) is 4.78. The summed E-state index contributed by atoms with van der Waals surface area (Å²) in [5, 5.41) is 8.54. The molecule has 0 aromatic carbocycles. The van der Waals surface area contributed by atoms with Crippen molar-refractivity contribution in [3.63, 3.8) is 0 Å². The van der Waals surface area contributed by atoms with Crippen LogP contribution in [0, 0.1) is 13.8 Å². The third-order valence-electron chi connectivity index (χ3n) is 2.88. The fraction of sp³-hybridized carbons (Fsp3) is 0.250. The van der Waals surface area contributed by atoms with E-state index in [1.807, 2.05) is 33.0 Å². The maximum Gasteiger partial charge on any atom is 0.217 e. The molecule has 0 atom stereocenters. The smallest absolute Gasteiger partial charge is 0.217 e. The van der Waals surface area contributed by atoms with Crippen LogP contribution >= 0.6 is 15.9 Å². The Kier molecular flexibility index (Phi) is 3.09. The average molecular weight is 334 g/mol. The van der Waals surface area contributed by atoms with Gasteiger partial charge in [-0.1, -0.05) is 0 Å². The first-order valence-corrected chi connectivity index (χ1v) is 6.77. The molecule has 102 valence electrons. The maximum atomic E-state index is 4.46. The summed E-state index contributed by atoms with van der Waals surface area (Å²) in [5.41, 5.74) is 2.56. The van der Waals surface area contributed by atoms with E-state index in [9.17, 15) is 0 Å². The molecule has 3 rings (SSSR count). The lowest BCUT2D eigenvalue weighted by Crippen LogP contribution is -1.97. The number of rotatable bonds is 2. The maximum absolute atomic E-state index is 4.46. The molecule has 0 amide bonds. The zero-order valence-corrected chi connectivity index (χ0v) is 12.8. The van der Waals surface area contributed by atoms with Gasteiger partial charge in [0.15, 0.2) is 17.3 Å². The molecule has 0 saturated heterocycles. The van der Waals surface area contributed by atoms with Crippen LogP contribution in [0.15, 0.2) is 10.9 Å². The van der Waals surface area contributed by atoms with Gasteiger partial charge < -0.3 is 0 Å². The lowest BCUT2D eigenvalue weighted by atomic mass is 10.4. The Hall–Kier alpha value is -2.09. The molecule has 0 unspecified atom stereocenters. The lowest BCUT2D eigenvalue weighted by molar-refractivity contribution is 0.751. The number of halogens is 1. The number of aryl methyl sites for hydroxylation is 3. The van der Waals surface area contributed by atoms with Gasteiger partial charge in [-0.3, -0.25) is 4.98 Å². The number of nitrogens with zero attached hydrogens (tertiary/aromatic N) is 7. The van der Waals surface area contributed by atoms with Crippen LogP contribution in [-0.4, -0.2) is 34.3 Å². The topological polar surface area (TPSA) is 73.8 Å². The molecule has 0 aliphatic heterocycles. The first-order valence-electron chi connectivity index (χ1n) is 5.98. The van der Waals surface area contributed by atoms with Gasteiger partial charge in [0.2, 0.25) is 4.73 Å². The van der Waals surface area contributed by atoms with Crippen LogP contribution in [0.3, 0.4) is 0 Å². The molecule has 0 bridgehead atoms. The molecule has 3 aromatic rings. The van der Waals surface area contributed by atoms with Gasteiger partial charge in [-0.05, 0) is 41.9 Å². The van der Waals surface area contributed by atoms with Gasteiger partial charge >= 0.3 is 0 Å². The van der Waals surface area contributed by atoms with E-state index in [1.165, 1.54) is 0 Å². The van der Waals surface area contributed by atoms with E-state index < -0.39 is 0 Å². The standard InChI is InChI=1S/C12H12BrN7/c1-7-6-14-8(2)11-15-9(17-20(7)11)4-5-10-16-12(13)18-19(10)3/h4-6H,1-3H3. The van der Waals surface area contributed by atoms with Gasteiger partial charge in [0, 0.05) is 13.2 Å².